The summed E-state index contributed by atoms with van der Waals surface area (Å²) in [5, 5.41) is 2.91. The Labute approximate surface area is 279 Å². The number of hydrogen-bond donors (Lipinski definition) is 1. The van der Waals surface area contributed by atoms with Gasteiger partial charge in [-0.05, 0) is 83.6 Å². The van der Waals surface area contributed by atoms with E-state index in [9.17, 15) is 14.4 Å². The van der Waals surface area contributed by atoms with E-state index in [-0.39, 0.29) is 24.3 Å². The number of imide groups is 1. The molecule has 3 amide bonds. The summed E-state index contributed by atoms with van der Waals surface area (Å²) in [7, 11) is 0. The number of rotatable bonds is 9. The van der Waals surface area contributed by atoms with E-state index in [4.69, 9.17) is 27.9 Å². The number of benzene rings is 4. The van der Waals surface area contributed by atoms with Crippen molar-refractivity contribution < 1.29 is 19.1 Å². The van der Waals surface area contributed by atoms with Crippen LogP contribution in [-0.2, 0) is 24.1 Å². The summed E-state index contributed by atoms with van der Waals surface area (Å²) in [6.45, 7) is 0.263. The van der Waals surface area contributed by atoms with Crippen LogP contribution in [-0.4, -0.2) is 29.2 Å². The maximum atomic E-state index is 13.9. The SMILES string of the molecule is O=C(CCCCCN1C(=O)[C@H]2[C@H](C1=O)C1(Cl)c3ccccc3C2(Cl)c2ccccc21)Nc1ccc(Oc2ccc(Br)cc2)cc1. The Hall–Kier alpha value is -3.65. The van der Waals surface area contributed by atoms with Gasteiger partial charge >= 0.3 is 0 Å². The molecule has 4 aliphatic rings. The summed E-state index contributed by atoms with van der Waals surface area (Å²) < 4.78 is 6.81. The molecule has 0 spiro atoms. The van der Waals surface area contributed by atoms with E-state index >= 15 is 0 Å². The van der Waals surface area contributed by atoms with Gasteiger partial charge in [-0.2, -0.15) is 0 Å². The number of carbonyl (C=O) groups is 3. The van der Waals surface area contributed by atoms with Crippen LogP contribution in [0, 0.1) is 11.8 Å². The standard InChI is InChI=1S/C36H29BrCl2N2O4/c37-22-13-17-24(18-14-22)45-25-19-15-23(16-20-25)40-30(42)12-2-1-7-21-41-33(43)31-32(34(41)44)36(39)27-9-4-3-8-26(27)35(31,38)28-10-5-6-11-29(28)36/h3-6,8-11,13-20,31-32H,1-2,7,12,21H2,(H,40,42)/t31-,32-,35?,36?/m1/s1. The van der Waals surface area contributed by atoms with Crippen molar-refractivity contribution in [3.8, 4) is 11.5 Å². The van der Waals surface area contributed by atoms with E-state index in [2.05, 4.69) is 21.2 Å². The van der Waals surface area contributed by atoms with Crippen molar-refractivity contribution in [3.63, 3.8) is 0 Å². The van der Waals surface area contributed by atoms with Crippen LogP contribution < -0.4 is 10.1 Å². The van der Waals surface area contributed by atoms with Crippen LogP contribution >= 0.6 is 39.1 Å². The van der Waals surface area contributed by atoms with E-state index in [0.29, 0.717) is 37.1 Å². The fourth-order valence-corrected chi connectivity index (χ4v) is 8.51. The molecular formula is C36H29BrCl2N2O4. The minimum Gasteiger partial charge on any atom is -0.457 e. The number of alkyl halides is 2. The van der Waals surface area contributed by atoms with Gasteiger partial charge in [0, 0.05) is 23.1 Å². The van der Waals surface area contributed by atoms with Crippen LogP contribution in [0.15, 0.2) is 102 Å². The minimum absolute atomic E-state index is 0.101. The molecule has 0 saturated carbocycles. The third kappa shape index (κ3) is 4.87. The van der Waals surface area contributed by atoms with Crippen molar-refractivity contribution >= 4 is 62.5 Å². The highest BCUT2D eigenvalue weighted by Crippen LogP contribution is 2.69. The molecule has 0 unspecified atom stereocenters. The number of nitrogens with one attached hydrogen (secondary N) is 1. The normalized spacial score (nSPS) is 24.2. The molecule has 3 aliphatic carbocycles. The maximum Gasteiger partial charge on any atom is 0.235 e. The highest BCUT2D eigenvalue weighted by atomic mass is 79.9. The molecule has 1 saturated heterocycles. The van der Waals surface area contributed by atoms with E-state index in [1.165, 1.54) is 4.90 Å². The first kappa shape index (κ1) is 30.0. The van der Waals surface area contributed by atoms with E-state index in [1.54, 1.807) is 24.3 Å². The molecule has 2 atom stereocenters. The molecule has 45 heavy (non-hydrogen) atoms. The number of hydrogen-bond acceptors (Lipinski definition) is 4. The second kappa shape index (κ2) is 11.6. The van der Waals surface area contributed by atoms with Crippen LogP contribution in [0.1, 0.15) is 47.9 Å². The topological polar surface area (TPSA) is 75.7 Å². The smallest absolute Gasteiger partial charge is 0.235 e. The largest absolute Gasteiger partial charge is 0.457 e. The highest BCUT2D eigenvalue weighted by molar-refractivity contribution is 9.10. The third-order valence-electron chi connectivity index (χ3n) is 9.15. The molecule has 8 rings (SSSR count). The summed E-state index contributed by atoms with van der Waals surface area (Å²) in [6.07, 6.45) is 2.20. The molecule has 1 N–H and O–H groups in total. The van der Waals surface area contributed by atoms with Crippen LogP contribution in [0.2, 0.25) is 0 Å². The van der Waals surface area contributed by atoms with Gasteiger partial charge in [0.15, 0.2) is 0 Å². The maximum absolute atomic E-state index is 13.9. The Morgan fingerprint density at radius 2 is 1.18 bits per heavy atom. The van der Waals surface area contributed by atoms with Crippen LogP contribution in [0.3, 0.4) is 0 Å². The van der Waals surface area contributed by atoms with Crippen LogP contribution in [0.4, 0.5) is 5.69 Å². The number of unbranched alkanes of at least 4 members (excludes halogenated alkanes) is 2. The van der Waals surface area contributed by atoms with Crippen molar-refractivity contribution in [2.24, 2.45) is 11.8 Å². The predicted molar refractivity (Wildman–Crippen MR) is 178 cm³/mol. The Kier molecular flexibility index (Phi) is 7.75. The second-order valence-corrected chi connectivity index (χ2v) is 13.8. The molecule has 9 heteroatoms. The Balaban J connectivity index is 0.952. The first-order valence-corrected chi connectivity index (χ1v) is 16.5. The van der Waals surface area contributed by atoms with Crippen molar-refractivity contribution in [2.45, 2.75) is 35.4 Å². The lowest BCUT2D eigenvalue weighted by atomic mass is 9.54. The molecule has 1 heterocycles. The monoisotopic (exact) mass is 702 g/mol. The number of amides is 3. The van der Waals surface area contributed by atoms with E-state index in [1.807, 2.05) is 72.8 Å². The van der Waals surface area contributed by atoms with Crippen molar-refractivity contribution in [3.05, 3.63) is 124 Å². The Morgan fingerprint density at radius 1 is 0.711 bits per heavy atom. The molecule has 4 aromatic rings. The zero-order valence-electron chi connectivity index (χ0n) is 24.1. The van der Waals surface area contributed by atoms with Crippen molar-refractivity contribution in [1.29, 1.82) is 0 Å². The van der Waals surface area contributed by atoms with Gasteiger partial charge in [0.1, 0.15) is 21.2 Å². The van der Waals surface area contributed by atoms with Crippen molar-refractivity contribution in [1.82, 2.24) is 4.90 Å². The molecule has 4 aromatic carbocycles. The number of ether oxygens (including phenoxy) is 1. The van der Waals surface area contributed by atoms with E-state index in [0.717, 1.165) is 32.5 Å². The predicted octanol–water partition coefficient (Wildman–Crippen LogP) is 8.33. The lowest BCUT2D eigenvalue weighted by Gasteiger charge is -2.54. The molecule has 1 aliphatic heterocycles. The third-order valence-corrected chi connectivity index (χ3v) is 11.0. The zero-order valence-corrected chi connectivity index (χ0v) is 27.2. The number of carbonyl (C=O) groups excluding carboxylic acids is 3. The summed E-state index contributed by atoms with van der Waals surface area (Å²) in [5.41, 5.74) is 3.86. The molecule has 6 nitrogen and oxygen atoms in total. The Morgan fingerprint density at radius 3 is 1.67 bits per heavy atom. The number of anilines is 1. The van der Waals surface area contributed by atoms with Crippen LogP contribution in [0.25, 0.3) is 0 Å². The average molecular weight is 704 g/mol. The number of likely N-dealkylation sites (tertiary alicyclic amines) is 1. The van der Waals surface area contributed by atoms with E-state index < -0.39 is 21.6 Å². The Bertz CT molecular complexity index is 1690. The summed E-state index contributed by atoms with van der Waals surface area (Å²) >= 11 is 18.3. The minimum atomic E-state index is -1.17. The van der Waals surface area contributed by atoms with Gasteiger partial charge in [-0.3, -0.25) is 19.3 Å². The van der Waals surface area contributed by atoms with Gasteiger partial charge in [0.25, 0.3) is 0 Å². The first-order valence-electron chi connectivity index (χ1n) is 15.0. The lowest BCUT2D eigenvalue weighted by molar-refractivity contribution is -0.140. The van der Waals surface area contributed by atoms with Gasteiger partial charge in [-0.15, -0.1) is 23.2 Å². The fourth-order valence-electron chi connectivity index (χ4n) is 7.15. The summed E-state index contributed by atoms with van der Waals surface area (Å²) in [6, 6.07) is 30.0. The summed E-state index contributed by atoms with van der Waals surface area (Å²) in [4.78, 5) is 39.4. The zero-order chi connectivity index (χ0) is 31.3. The number of nitrogens with zero attached hydrogens (tertiary/aromatic N) is 1. The number of halogens is 3. The van der Waals surface area contributed by atoms with Gasteiger partial charge in [-0.25, -0.2) is 0 Å². The first-order chi connectivity index (χ1) is 21.7. The molecule has 228 valence electrons. The molecular weight excluding hydrogens is 675 g/mol. The average Bonchev–Trinajstić information content (AvgIpc) is 3.31. The van der Waals surface area contributed by atoms with Gasteiger partial charge < -0.3 is 10.1 Å². The molecule has 2 bridgehead atoms. The summed E-state index contributed by atoms with van der Waals surface area (Å²) in [5.74, 6) is -0.840. The van der Waals surface area contributed by atoms with Crippen LogP contribution in [0.5, 0.6) is 11.5 Å². The fraction of sp³-hybridized carbons (Fsp3) is 0.250. The van der Waals surface area contributed by atoms with Crippen molar-refractivity contribution in [2.75, 3.05) is 11.9 Å². The highest BCUT2D eigenvalue weighted by Gasteiger charge is 2.72. The molecule has 0 aromatic heterocycles. The quantitative estimate of drug-likeness (QED) is 0.108. The lowest BCUT2D eigenvalue weighted by Crippen LogP contribution is -2.57. The van der Waals surface area contributed by atoms with Gasteiger partial charge in [0.05, 0.1) is 11.8 Å². The molecule has 1 fully saturated rings. The second-order valence-electron chi connectivity index (χ2n) is 11.7. The molecule has 0 radical (unpaired) electrons. The van der Waals surface area contributed by atoms with Gasteiger partial charge in [-0.1, -0.05) is 70.9 Å². The van der Waals surface area contributed by atoms with Gasteiger partial charge in [0.2, 0.25) is 17.7 Å².